The molecule has 0 fully saturated rings. The number of rotatable bonds is 5. The molecule has 1 unspecified atom stereocenters. The number of hydrogen-bond acceptors (Lipinski definition) is 4. The maximum Gasteiger partial charge on any atom is 0.329 e. The van der Waals surface area contributed by atoms with Crippen LogP contribution in [0.4, 0.5) is 0 Å². The van der Waals surface area contributed by atoms with Crippen LogP contribution in [-0.4, -0.2) is 17.6 Å². The SMILES string of the molecule is C=CCc1c(C)ccc2nc(C(N)C(=O)OCC)ccc12. The number of aryl methyl sites for hydroxylation is 1. The van der Waals surface area contributed by atoms with Crippen LogP contribution in [0.3, 0.4) is 0 Å². The van der Waals surface area contributed by atoms with Crippen molar-refractivity contribution in [2.75, 3.05) is 6.61 Å². The Morgan fingerprint density at radius 2 is 2.19 bits per heavy atom. The number of esters is 1. The van der Waals surface area contributed by atoms with Crippen molar-refractivity contribution in [1.29, 1.82) is 0 Å². The molecule has 0 spiro atoms. The molecule has 0 aliphatic rings. The van der Waals surface area contributed by atoms with Crippen molar-refractivity contribution in [2.45, 2.75) is 26.3 Å². The van der Waals surface area contributed by atoms with Crippen LogP contribution >= 0.6 is 0 Å². The van der Waals surface area contributed by atoms with E-state index in [1.807, 2.05) is 24.3 Å². The predicted octanol–water partition coefficient (Wildman–Crippen LogP) is 2.83. The minimum Gasteiger partial charge on any atom is -0.465 e. The number of carbonyl (C=O) groups excluding carboxylic acids is 1. The van der Waals surface area contributed by atoms with Gasteiger partial charge >= 0.3 is 5.97 Å². The number of nitrogens with zero attached hydrogens (tertiary/aromatic N) is 1. The molecule has 2 rings (SSSR count). The van der Waals surface area contributed by atoms with Crippen LogP contribution in [0.15, 0.2) is 36.9 Å². The van der Waals surface area contributed by atoms with Gasteiger partial charge in [0, 0.05) is 5.39 Å². The zero-order valence-corrected chi connectivity index (χ0v) is 12.4. The average molecular weight is 284 g/mol. The van der Waals surface area contributed by atoms with Crippen molar-refractivity contribution in [2.24, 2.45) is 5.73 Å². The summed E-state index contributed by atoms with van der Waals surface area (Å²) < 4.78 is 4.93. The van der Waals surface area contributed by atoms with E-state index in [-0.39, 0.29) is 0 Å². The van der Waals surface area contributed by atoms with E-state index in [0.717, 1.165) is 17.3 Å². The Bertz CT molecular complexity index is 680. The van der Waals surface area contributed by atoms with Crippen LogP contribution in [0, 0.1) is 6.92 Å². The Balaban J connectivity index is 2.45. The normalized spacial score (nSPS) is 12.1. The molecule has 0 bridgehead atoms. The highest BCUT2D eigenvalue weighted by molar-refractivity contribution is 5.85. The summed E-state index contributed by atoms with van der Waals surface area (Å²) in [5.41, 5.74) is 9.64. The van der Waals surface area contributed by atoms with Crippen molar-refractivity contribution >= 4 is 16.9 Å². The molecule has 4 heteroatoms. The molecule has 1 aromatic carbocycles. The van der Waals surface area contributed by atoms with E-state index in [1.165, 1.54) is 11.1 Å². The van der Waals surface area contributed by atoms with Crippen molar-refractivity contribution in [3.05, 3.63) is 53.7 Å². The number of ether oxygens (including phenoxy) is 1. The quantitative estimate of drug-likeness (QED) is 0.677. The highest BCUT2D eigenvalue weighted by Crippen LogP contribution is 2.23. The third-order valence-electron chi connectivity index (χ3n) is 3.45. The number of aromatic nitrogens is 1. The monoisotopic (exact) mass is 284 g/mol. The Labute approximate surface area is 124 Å². The van der Waals surface area contributed by atoms with Crippen LogP contribution in [0.1, 0.15) is 29.8 Å². The van der Waals surface area contributed by atoms with Crippen LogP contribution in [0.2, 0.25) is 0 Å². The molecule has 2 N–H and O–H groups in total. The molecule has 1 aromatic heterocycles. The van der Waals surface area contributed by atoms with Crippen LogP contribution in [0.25, 0.3) is 10.9 Å². The number of nitrogens with two attached hydrogens (primary N) is 1. The second kappa shape index (κ2) is 6.50. The summed E-state index contributed by atoms with van der Waals surface area (Å²) in [4.78, 5) is 16.2. The van der Waals surface area contributed by atoms with Gasteiger partial charge in [-0.2, -0.15) is 0 Å². The van der Waals surface area contributed by atoms with E-state index in [0.29, 0.717) is 12.3 Å². The minimum absolute atomic E-state index is 0.308. The van der Waals surface area contributed by atoms with Crippen LogP contribution in [0.5, 0.6) is 0 Å². The molecule has 0 amide bonds. The van der Waals surface area contributed by atoms with Crippen molar-refractivity contribution < 1.29 is 9.53 Å². The van der Waals surface area contributed by atoms with Gasteiger partial charge in [0.05, 0.1) is 17.8 Å². The molecule has 1 atom stereocenters. The third-order valence-corrected chi connectivity index (χ3v) is 3.45. The molecular weight excluding hydrogens is 264 g/mol. The summed E-state index contributed by atoms with van der Waals surface area (Å²) in [6.07, 6.45) is 2.66. The number of pyridine rings is 1. The Kier molecular flexibility index (Phi) is 4.70. The molecule has 4 nitrogen and oxygen atoms in total. The number of allylic oxidation sites excluding steroid dienone is 1. The molecule has 0 saturated carbocycles. The molecule has 1 heterocycles. The molecule has 21 heavy (non-hydrogen) atoms. The first-order valence-corrected chi connectivity index (χ1v) is 7.00. The number of hydrogen-bond donors (Lipinski definition) is 1. The maximum atomic E-state index is 11.7. The fourth-order valence-electron chi connectivity index (χ4n) is 2.33. The number of fused-ring (bicyclic) bond motifs is 1. The standard InChI is InChI=1S/C17H20N2O2/c1-4-6-12-11(3)7-9-14-13(12)8-10-15(19-14)16(18)17(20)21-5-2/h4,7-10,16H,1,5-6,18H2,2-3H3. The molecular formula is C17H20N2O2. The summed E-state index contributed by atoms with van der Waals surface area (Å²) in [7, 11) is 0. The molecule has 0 aliphatic heterocycles. The predicted molar refractivity (Wildman–Crippen MR) is 83.9 cm³/mol. The summed E-state index contributed by atoms with van der Waals surface area (Å²) in [5.74, 6) is -0.456. The van der Waals surface area contributed by atoms with Gasteiger partial charge in [0.15, 0.2) is 0 Å². The van der Waals surface area contributed by atoms with Crippen molar-refractivity contribution in [3.63, 3.8) is 0 Å². The van der Waals surface area contributed by atoms with E-state index in [9.17, 15) is 4.79 Å². The number of carbonyl (C=O) groups is 1. The lowest BCUT2D eigenvalue weighted by molar-refractivity contribution is -0.144. The minimum atomic E-state index is -0.849. The molecule has 0 radical (unpaired) electrons. The summed E-state index contributed by atoms with van der Waals surface area (Å²) in [6, 6.07) is 6.86. The van der Waals surface area contributed by atoms with Gasteiger partial charge in [-0.05, 0) is 43.5 Å². The first kappa shape index (κ1) is 15.2. The molecule has 110 valence electrons. The van der Waals surface area contributed by atoms with Crippen LogP contribution < -0.4 is 5.73 Å². The molecule has 2 aromatic rings. The van der Waals surface area contributed by atoms with E-state index in [2.05, 4.69) is 18.5 Å². The Morgan fingerprint density at radius 1 is 1.43 bits per heavy atom. The summed E-state index contributed by atoms with van der Waals surface area (Å²) in [5, 5.41) is 1.06. The lowest BCUT2D eigenvalue weighted by Gasteiger charge is -2.13. The van der Waals surface area contributed by atoms with Crippen molar-refractivity contribution in [3.8, 4) is 0 Å². The Morgan fingerprint density at radius 3 is 2.86 bits per heavy atom. The van der Waals surface area contributed by atoms with Gasteiger partial charge in [0.25, 0.3) is 0 Å². The lowest BCUT2D eigenvalue weighted by atomic mass is 9.99. The van der Waals surface area contributed by atoms with Gasteiger partial charge in [0.1, 0.15) is 6.04 Å². The molecule has 0 saturated heterocycles. The fraction of sp³-hybridized carbons (Fsp3) is 0.294. The largest absolute Gasteiger partial charge is 0.465 e. The fourth-order valence-corrected chi connectivity index (χ4v) is 2.33. The van der Waals surface area contributed by atoms with Gasteiger partial charge in [0.2, 0.25) is 0 Å². The van der Waals surface area contributed by atoms with Gasteiger partial charge in [-0.25, -0.2) is 4.79 Å². The zero-order valence-electron chi connectivity index (χ0n) is 12.4. The first-order chi connectivity index (χ1) is 10.1. The average Bonchev–Trinajstić information content (AvgIpc) is 2.49. The van der Waals surface area contributed by atoms with E-state index in [4.69, 9.17) is 10.5 Å². The lowest BCUT2D eigenvalue weighted by Crippen LogP contribution is -2.24. The van der Waals surface area contributed by atoms with E-state index in [1.54, 1.807) is 13.0 Å². The smallest absolute Gasteiger partial charge is 0.329 e. The second-order valence-corrected chi connectivity index (χ2v) is 4.89. The molecule has 0 aliphatic carbocycles. The van der Waals surface area contributed by atoms with E-state index < -0.39 is 12.0 Å². The first-order valence-electron chi connectivity index (χ1n) is 7.00. The highest BCUT2D eigenvalue weighted by Gasteiger charge is 2.19. The third kappa shape index (κ3) is 3.11. The Hall–Kier alpha value is -2.20. The highest BCUT2D eigenvalue weighted by atomic mass is 16.5. The van der Waals surface area contributed by atoms with E-state index >= 15 is 0 Å². The van der Waals surface area contributed by atoms with Gasteiger partial charge in [-0.15, -0.1) is 6.58 Å². The number of benzene rings is 1. The van der Waals surface area contributed by atoms with Crippen molar-refractivity contribution in [1.82, 2.24) is 4.98 Å². The van der Waals surface area contributed by atoms with Gasteiger partial charge in [-0.1, -0.05) is 18.2 Å². The maximum absolute atomic E-state index is 11.7. The summed E-state index contributed by atoms with van der Waals surface area (Å²) >= 11 is 0. The summed E-state index contributed by atoms with van der Waals surface area (Å²) in [6.45, 7) is 7.92. The topological polar surface area (TPSA) is 65.2 Å². The zero-order chi connectivity index (χ0) is 15.4. The van der Waals surface area contributed by atoms with Crippen LogP contribution in [-0.2, 0) is 16.0 Å². The van der Waals surface area contributed by atoms with Gasteiger partial charge < -0.3 is 10.5 Å². The second-order valence-electron chi connectivity index (χ2n) is 4.89. The van der Waals surface area contributed by atoms with Gasteiger partial charge in [-0.3, -0.25) is 4.98 Å².